The number of benzene rings is 1. The van der Waals surface area contributed by atoms with Crippen LogP contribution in [0.2, 0.25) is 5.02 Å². The number of hydrazine groups is 1. The van der Waals surface area contributed by atoms with Crippen LogP contribution in [0.3, 0.4) is 0 Å². The van der Waals surface area contributed by atoms with E-state index < -0.39 is 16.1 Å². The first kappa shape index (κ1) is 17.8. The van der Waals surface area contributed by atoms with E-state index in [4.69, 9.17) is 63.4 Å². The van der Waals surface area contributed by atoms with Crippen LogP contribution in [-0.4, -0.2) is 33.6 Å². The third-order valence-electron chi connectivity index (χ3n) is 2.97. The Morgan fingerprint density at radius 1 is 1.45 bits per heavy atom. The van der Waals surface area contributed by atoms with E-state index in [0.717, 1.165) is 5.01 Å². The van der Waals surface area contributed by atoms with Gasteiger partial charge in [0.2, 0.25) is 0 Å². The standard InChI is InChI=1S/C12H11Cl4N3O2S/c1-21-9-3-2-7(6-8(9)13)18-10(4-5-22)17-19(11(18)20)12(14,15)16/h2-3,5-6,10,17H,4H2,1H3. The van der Waals surface area contributed by atoms with Crippen LogP contribution in [0.4, 0.5) is 10.5 Å². The molecule has 0 spiro atoms. The number of rotatable bonds is 4. The number of nitrogens with one attached hydrogen (secondary N) is 1. The quantitative estimate of drug-likeness (QED) is 0.467. The number of alkyl halides is 3. The van der Waals surface area contributed by atoms with E-state index in [1.165, 1.54) is 17.4 Å². The molecule has 1 unspecified atom stereocenters. The number of urea groups is 1. The van der Waals surface area contributed by atoms with Crippen LogP contribution in [-0.2, 0) is 0 Å². The summed E-state index contributed by atoms with van der Waals surface area (Å²) < 4.78 is 3.16. The number of ether oxygens (including phenoxy) is 1. The number of thiocarbonyl (C=S) groups is 1. The number of anilines is 1. The highest BCUT2D eigenvalue weighted by Crippen LogP contribution is 2.37. The summed E-state index contributed by atoms with van der Waals surface area (Å²) in [7, 11) is 1.50. The molecule has 1 aliphatic rings. The number of hydrogen-bond acceptors (Lipinski definition) is 4. The summed E-state index contributed by atoms with van der Waals surface area (Å²) in [6.07, 6.45) is -0.104. The molecule has 0 saturated carbocycles. The molecular formula is C12H11Cl4N3O2S. The third kappa shape index (κ3) is 3.53. The summed E-state index contributed by atoms with van der Waals surface area (Å²) in [4.78, 5) is 13.9. The van der Waals surface area contributed by atoms with E-state index in [2.05, 4.69) is 5.43 Å². The van der Waals surface area contributed by atoms with Gasteiger partial charge in [0.1, 0.15) is 11.9 Å². The molecule has 2 amide bonds. The van der Waals surface area contributed by atoms with Gasteiger partial charge in [-0.2, -0.15) is 0 Å². The lowest BCUT2D eigenvalue weighted by Crippen LogP contribution is -2.45. The van der Waals surface area contributed by atoms with Crippen molar-refractivity contribution in [2.45, 2.75) is 16.5 Å². The highest BCUT2D eigenvalue weighted by atomic mass is 35.6. The minimum absolute atomic E-state index is 0.362. The third-order valence-corrected chi connectivity index (χ3v) is 3.97. The smallest absolute Gasteiger partial charge is 0.343 e. The second kappa shape index (κ2) is 6.95. The minimum Gasteiger partial charge on any atom is -0.495 e. The average Bonchev–Trinajstić information content (AvgIpc) is 2.76. The second-order valence-electron chi connectivity index (χ2n) is 4.32. The Balaban J connectivity index is 2.39. The molecule has 1 fully saturated rings. The Hall–Kier alpha value is -0.500. The van der Waals surface area contributed by atoms with Crippen molar-refractivity contribution in [1.82, 2.24) is 10.4 Å². The van der Waals surface area contributed by atoms with Crippen LogP contribution >= 0.6 is 58.6 Å². The zero-order valence-corrected chi connectivity index (χ0v) is 15.1. The molecular weight excluding hydrogens is 392 g/mol. The molecule has 5 nitrogen and oxygen atoms in total. The fourth-order valence-corrected chi connectivity index (χ4v) is 2.83. The van der Waals surface area contributed by atoms with E-state index in [9.17, 15) is 4.79 Å². The Bertz CT molecular complexity index is 596. The molecule has 1 atom stereocenters. The number of hydrogen-bond donors (Lipinski definition) is 1. The van der Waals surface area contributed by atoms with Crippen molar-refractivity contribution in [2.24, 2.45) is 0 Å². The molecule has 2 rings (SSSR count). The zero-order chi connectivity index (χ0) is 16.5. The van der Waals surface area contributed by atoms with Crippen LogP contribution in [0.1, 0.15) is 6.42 Å². The Kier molecular flexibility index (Phi) is 5.63. The molecule has 0 aliphatic carbocycles. The number of halogens is 4. The highest BCUT2D eigenvalue weighted by Gasteiger charge is 2.46. The predicted octanol–water partition coefficient (Wildman–Crippen LogP) is 4.14. The first-order valence-corrected chi connectivity index (χ1v) is 8.01. The monoisotopic (exact) mass is 401 g/mol. The largest absolute Gasteiger partial charge is 0.495 e. The first-order valence-electron chi connectivity index (χ1n) is 6.03. The molecule has 1 aliphatic heterocycles. The van der Waals surface area contributed by atoms with Crippen molar-refractivity contribution in [1.29, 1.82) is 0 Å². The van der Waals surface area contributed by atoms with Gasteiger partial charge in [-0.25, -0.2) is 15.2 Å². The minimum atomic E-state index is -1.93. The number of carbonyl (C=O) groups excluding carboxylic acids is 1. The van der Waals surface area contributed by atoms with Gasteiger partial charge in [0, 0.05) is 12.1 Å². The molecule has 120 valence electrons. The average molecular weight is 403 g/mol. The van der Waals surface area contributed by atoms with Gasteiger partial charge in [-0.1, -0.05) is 58.6 Å². The fourth-order valence-electron chi connectivity index (χ4n) is 2.03. The fraction of sp³-hybridized carbons (Fsp3) is 0.333. The van der Waals surface area contributed by atoms with Gasteiger partial charge in [-0.3, -0.25) is 4.90 Å². The molecule has 1 saturated heterocycles. The lowest BCUT2D eigenvalue weighted by Gasteiger charge is -2.23. The summed E-state index contributed by atoms with van der Waals surface area (Å²) in [6.45, 7) is 0. The van der Waals surface area contributed by atoms with Crippen molar-refractivity contribution in [3.05, 3.63) is 23.2 Å². The number of nitrogens with zero attached hydrogens (tertiary/aromatic N) is 2. The van der Waals surface area contributed by atoms with E-state index >= 15 is 0 Å². The molecule has 0 aromatic heterocycles. The lowest BCUT2D eigenvalue weighted by atomic mass is 10.2. The lowest BCUT2D eigenvalue weighted by molar-refractivity contribution is 0.199. The number of amides is 2. The second-order valence-corrected chi connectivity index (χ2v) is 7.28. The summed E-state index contributed by atoms with van der Waals surface area (Å²) in [5, 5.41) is 2.77. The molecule has 1 N–H and O–H groups in total. The van der Waals surface area contributed by atoms with E-state index in [0.29, 0.717) is 22.9 Å². The molecule has 1 aromatic carbocycles. The molecule has 22 heavy (non-hydrogen) atoms. The topological polar surface area (TPSA) is 44.8 Å². The Morgan fingerprint density at radius 2 is 2.14 bits per heavy atom. The van der Waals surface area contributed by atoms with Crippen LogP contribution in [0.5, 0.6) is 5.75 Å². The van der Waals surface area contributed by atoms with Gasteiger partial charge in [0.15, 0.2) is 0 Å². The predicted molar refractivity (Wildman–Crippen MR) is 93.2 cm³/mol. The maximum atomic E-state index is 12.5. The Morgan fingerprint density at radius 3 is 2.64 bits per heavy atom. The van der Waals surface area contributed by atoms with Gasteiger partial charge >= 0.3 is 6.03 Å². The summed E-state index contributed by atoms with van der Waals surface area (Å²) >= 11 is 28.4. The highest BCUT2D eigenvalue weighted by molar-refractivity contribution is 7.78. The summed E-state index contributed by atoms with van der Waals surface area (Å²) in [5.74, 6) is 0.495. The maximum Gasteiger partial charge on any atom is 0.343 e. The van der Waals surface area contributed by atoms with Crippen LogP contribution in [0.25, 0.3) is 0 Å². The molecule has 10 heteroatoms. The van der Waals surface area contributed by atoms with Gasteiger partial charge in [0.25, 0.3) is 3.92 Å². The molecule has 0 bridgehead atoms. The summed E-state index contributed by atoms with van der Waals surface area (Å²) in [6, 6.07) is 4.40. The van der Waals surface area contributed by atoms with Crippen molar-refractivity contribution in [3.63, 3.8) is 0 Å². The normalized spacial score (nSPS) is 18.8. The first-order chi connectivity index (χ1) is 10.3. The van der Waals surface area contributed by atoms with E-state index in [1.807, 2.05) is 0 Å². The van der Waals surface area contributed by atoms with Crippen molar-refractivity contribution >= 4 is 75.7 Å². The van der Waals surface area contributed by atoms with E-state index in [-0.39, 0.29) is 0 Å². The number of carbonyl (C=O) groups is 1. The number of methoxy groups -OCH3 is 1. The zero-order valence-electron chi connectivity index (χ0n) is 11.2. The van der Waals surface area contributed by atoms with Crippen LogP contribution in [0, 0.1) is 0 Å². The SMILES string of the molecule is COc1ccc(N2C(=O)N(C(Cl)(Cl)Cl)NC2CC=S)cc1Cl. The van der Waals surface area contributed by atoms with Gasteiger partial charge in [-0.15, -0.1) is 0 Å². The Labute approximate surface area is 153 Å². The van der Waals surface area contributed by atoms with E-state index in [1.54, 1.807) is 18.2 Å². The molecule has 0 radical (unpaired) electrons. The van der Waals surface area contributed by atoms with Crippen molar-refractivity contribution in [3.8, 4) is 5.75 Å². The van der Waals surface area contributed by atoms with Crippen LogP contribution < -0.4 is 15.1 Å². The van der Waals surface area contributed by atoms with Gasteiger partial charge in [-0.05, 0) is 23.6 Å². The van der Waals surface area contributed by atoms with Crippen molar-refractivity contribution < 1.29 is 9.53 Å². The maximum absolute atomic E-state index is 12.5. The molecule has 1 heterocycles. The van der Waals surface area contributed by atoms with Crippen LogP contribution in [0.15, 0.2) is 18.2 Å². The van der Waals surface area contributed by atoms with Crippen molar-refractivity contribution in [2.75, 3.05) is 12.0 Å². The van der Waals surface area contributed by atoms with Gasteiger partial charge in [0.05, 0.1) is 12.1 Å². The summed E-state index contributed by atoms with van der Waals surface area (Å²) in [5.41, 5.74) is 3.35. The van der Waals surface area contributed by atoms with Gasteiger partial charge < -0.3 is 4.74 Å². The molecule has 1 aromatic rings.